The van der Waals surface area contributed by atoms with Crippen molar-refractivity contribution in [3.05, 3.63) is 28.8 Å². The third-order valence-electron chi connectivity index (χ3n) is 4.34. The van der Waals surface area contributed by atoms with Gasteiger partial charge in [0.05, 0.1) is 12.5 Å². The number of anilines is 1. The van der Waals surface area contributed by atoms with Crippen molar-refractivity contribution in [1.82, 2.24) is 10.2 Å². The van der Waals surface area contributed by atoms with Gasteiger partial charge in [-0.15, -0.1) is 0 Å². The monoisotopic (exact) mass is 320 g/mol. The average Bonchev–Trinajstić information content (AvgIpc) is 2.53. The van der Waals surface area contributed by atoms with Crippen molar-refractivity contribution in [2.45, 2.75) is 32.4 Å². The number of rotatable bonds is 6. The molecule has 0 amide bonds. The molecule has 1 heterocycles. The van der Waals surface area contributed by atoms with Gasteiger partial charge in [0.1, 0.15) is 0 Å². The Bertz CT molecular complexity index is 518. The second-order valence-electron chi connectivity index (χ2n) is 5.88. The molecule has 1 aliphatic rings. The fraction of sp³-hybridized carbons (Fsp3) is 0.588. The van der Waals surface area contributed by atoms with Crippen LogP contribution >= 0.6 is 11.6 Å². The van der Waals surface area contributed by atoms with Crippen LogP contribution in [0.4, 0.5) is 5.69 Å². The molecule has 120 valence electrons. The number of piperazine rings is 1. The topological polar surface area (TPSA) is 42.3 Å². The smallest absolute Gasteiger partial charge is 0.0638 e. The highest BCUT2D eigenvalue weighted by Gasteiger charge is 2.18. The van der Waals surface area contributed by atoms with Crippen LogP contribution in [-0.4, -0.2) is 44.2 Å². The molecule has 5 heteroatoms. The summed E-state index contributed by atoms with van der Waals surface area (Å²) < 4.78 is 0. The Morgan fingerprint density at radius 2 is 2.05 bits per heavy atom. The molecule has 0 radical (unpaired) electrons. The Morgan fingerprint density at radius 3 is 2.68 bits per heavy atom. The number of benzene rings is 1. The molecule has 0 aliphatic carbocycles. The van der Waals surface area contributed by atoms with Gasteiger partial charge in [0.2, 0.25) is 0 Å². The van der Waals surface area contributed by atoms with E-state index in [0.29, 0.717) is 13.0 Å². The van der Waals surface area contributed by atoms with Crippen LogP contribution in [0.3, 0.4) is 0 Å². The fourth-order valence-corrected chi connectivity index (χ4v) is 3.02. The van der Waals surface area contributed by atoms with Crippen LogP contribution in [0.2, 0.25) is 5.02 Å². The van der Waals surface area contributed by atoms with Gasteiger partial charge in [-0.05, 0) is 25.6 Å². The minimum atomic E-state index is 0.224. The van der Waals surface area contributed by atoms with Crippen LogP contribution in [0.5, 0.6) is 0 Å². The van der Waals surface area contributed by atoms with E-state index in [1.54, 1.807) is 0 Å². The van der Waals surface area contributed by atoms with Gasteiger partial charge in [0.15, 0.2) is 0 Å². The van der Waals surface area contributed by atoms with Crippen molar-refractivity contribution < 1.29 is 0 Å². The van der Waals surface area contributed by atoms with E-state index in [9.17, 15) is 0 Å². The molecule has 0 spiro atoms. The Labute approximate surface area is 138 Å². The number of hydrogen-bond donors (Lipinski definition) is 1. The molecule has 1 aliphatic heterocycles. The van der Waals surface area contributed by atoms with Crippen molar-refractivity contribution in [3.63, 3.8) is 0 Å². The van der Waals surface area contributed by atoms with E-state index < -0.39 is 0 Å². The lowest BCUT2D eigenvalue weighted by atomic mass is 10.1. The molecule has 0 aromatic heterocycles. The molecule has 1 aromatic rings. The molecule has 1 saturated heterocycles. The minimum Gasteiger partial charge on any atom is -0.369 e. The van der Waals surface area contributed by atoms with Gasteiger partial charge in [-0.2, -0.15) is 5.26 Å². The maximum atomic E-state index is 8.87. The second kappa shape index (κ2) is 8.38. The predicted molar refractivity (Wildman–Crippen MR) is 92.3 cm³/mol. The normalized spacial score (nSPS) is 17.3. The zero-order valence-corrected chi connectivity index (χ0v) is 14.2. The molecule has 2 rings (SSSR count). The largest absolute Gasteiger partial charge is 0.369 e. The van der Waals surface area contributed by atoms with Crippen molar-refractivity contribution in [3.8, 4) is 6.07 Å². The average molecular weight is 321 g/mol. The first-order valence-corrected chi connectivity index (χ1v) is 8.34. The summed E-state index contributed by atoms with van der Waals surface area (Å²) in [5, 5.41) is 13.1. The van der Waals surface area contributed by atoms with Crippen LogP contribution in [0, 0.1) is 11.3 Å². The lowest BCUT2D eigenvalue weighted by molar-refractivity contribution is 0.312. The highest BCUT2D eigenvalue weighted by atomic mass is 35.5. The summed E-state index contributed by atoms with van der Waals surface area (Å²) in [5.74, 6) is 0. The molecule has 22 heavy (non-hydrogen) atoms. The van der Waals surface area contributed by atoms with Crippen molar-refractivity contribution in [1.29, 1.82) is 5.26 Å². The number of halogens is 1. The third kappa shape index (κ3) is 4.36. The number of nitrogens with zero attached hydrogens (tertiary/aromatic N) is 3. The first-order chi connectivity index (χ1) is 10.7. The molecule has 4 nitrogen and oxygen atoms in total. The molecule has 1 aromatic carbocycles. The summed E-state index contributed by atoms with van der Waals surface area (Å²) in [4.78, 5) is 4.76. The van der Waals surface area contributed by atoms with Gasteiger partial charge in [-0.1, -0.05) is 24.6 Å². The number of likely N-dealkylation sites (N-methyl/N-ethyl adjacent to an activating group) is 1. The van der Waals surface area contributed by atoms with E-state index in [1.807, 2.05) is 12.1 Å². The number of nitriles is 1. The SMILES string of the molecule is CC[C@@H](CC#N)NCc1c(Cl)cccc1N1CCN(C)CC1. The highest BCUT2D eigenvalue weighted by Crippen LogP contribution is 2.28. The van der Waals surface area contributed by atoms with Crippen LogP contribution in [0.1, 0.15) is 25.3 Å². The summed E-state index contributed by atoms with van der Waals surface area (Å²) in [5.41, 5.74) is 2.37. The maximum absolute atomic E-state index is 8.87. The number of hydrogen-bond acceptors (Lipinski definition) is 4. The van der Waals surface area contributed by atoms with Crippen molar-refractivity contribution >= 4 is 17.3 Å². The summed E-state index contributed by atoms with van der Waals surface area (Å²) >= 11 is 6.44. The lowest BCUT2D eigenvalue weighted by Crippen LogP contribution is -2.45. The van der Waals surface area contributed by atoms with Crippen LogP contribution < -0.4 is 10.2 Å². The molecule has 0 bridgehead atoms. The summed E-state index contributed by atoms with van der Waals surface area (Å²) in [6.45, 7) is 7.01. The predicted octanol–water partition coefficient (Wildman–Crippen LogP) is 2.87. The van der Waals surface area contributed by atoms with E-state index in [2.05, 4.69) is 41.2 Å². The third-order valence-corrected chi connectivity index (χ3v) is 4.69. The van der Waals surface area contributed by atoms with Gasteiger partial charge in [0.25, 0.3) is 0 Å². The summed E-state index contributed by atoms with van der Waals surface area (Å²) in [6, 6.07) is 8.58. The van der Waals surface area contributed by atoms with Gasteiger partial charge >= 0.3 is 0 Å². The molecule has 0 saturated carbocycles. The zero-order valence-electron chi connectivity index (χ0n) is 13.5. The summed E-state index contributed by atoms with van der Waals surface area (Å²) in [7, 11) is 2.16. The van der Waals surface area contributed by atoms with Gasteiger partial charge in [-0.25, -0.2) is 0 Å². The van der Waals surface area contributed by atoms with Gasteiger partial charge in [0, 0.05) is 55.0 Å². The number of nitrogens with one attached hydrogen (secondary N) is 1. The van der Waals surface area contributed by atoms with Gasteiger partial charge < -0.3 is 15.1 Å². The first-order valence-electron chi connectivity index (χ1n) is 7.97. The van der Waals surface area contributed by atoms with E-state index in [-0.39, 0.29) is 6.04 Å². The van der Waals surface area contributed by atoms with Crippen molar-refractivity contribution in [2.24, 2.45) is 0 Å². The minimum absolute atomic E-state index is 0.224. The molecular weight excluding hydrogens is 296 g/mol. The molecule has 0 unspecified atom stereocenters. The molecule has 1 atom stereocenters. The molecule has 1 fully saturated rings. The Kier molecular flexibility index (Phi) is 6.50. The van der Waals surface area contributed by atoms with E-state index in [0.717, 1.165) is 43.2 Å². The van der Waals surface area contributed by atoms with Crippen molar-refractivity contribution in [2.75, 3.05) is 38.1 Å². The quantitative estimate of drug-likeness (QED) is 0.875. The Balaban J connectivity index is 2.11. The van der Waals surface area contributed by atoms with Gasteiger partial charge in [-0.3, -0.25) is 0 Å². The summed E-state index contributed by atoms with van der Waals surface area (Å²) in [6.07, 6.45) is 1.48. The maximum Gasteiger partial charge on any atom is 0.0638 e. The lowest BCUT2D eigenvalue weighted by Gasteiger charge is -2.35. The van der Waals surface area contributed by atoms with E-state index in [4.69, 9.17) is 16.9 Å². The second-order valence-corrected chi connectivity index (χ2v) is 6.28. The van der Waals surface area contributed by atoms with Crippen LogP contribution in [-0.2, 0) is 6.54 Å². The molecular formula is C17H25ClN4. The van der Waals surface area contributed by atoms with Crippen LogP contribution in [0.15, 0.2) is 18.2 Å². The Hall–Kier alpha value is -1.28. The van der Waals surface area contributed by atoms with E-state index in [1.165, 1.54) is 5.69 Å². The zero-order chi connectivity index (χ0) is 15.9. The van der Waals surface area contributed by atoms with E-state index >= 15 is 0 Å². The fourth-order valence-electron chi connectivity index (χ4n) is 2.78. The molecule has 1 N–H and O–H groups in total. The Morgan fingerprint density at radius 1 is 1.32 bits per heavy atom. The highest BCUT2D eigenvalue weighted by molar-refractivity contribution is 6.31. The first kappa shape index (κ1) is 17.1. The van der Waals surface area contributed by atoms with Crippen LogP contribution in [0.25, 0.3) is 0 Å². The standard InChI is InChI=1S/C17H25ClN4/c1-3-14(7-8-19)20-13-15-16(18)5-4-6-17(15)22-11-9-21(2)10-12-22/h4-6,14,20H,3,7,9-13H2,1-2H3/t14-/m0/s1.